The molecule has 1 aromatic carbocycles. The SMILES string of the molecule is CCCNCC(C)C(C)c1cnc2ccccc2c1. The minimum Gasteiger partial charge on any atom is -0.316 e. The Morgan fingerprint density at radius 3 is 2.79 bits per heavy atom. The van der Waals surface area contributed by atoms with Gasteiger partial charge in [-0.25, -0.2) is 0 Å². The molecule has 0 radical (unpaired) electrons. The number of nitrogens with one attached hydrogen (secondary N) is 1. The van der Waals surface area contributed by atoms with Gasteiger partial charge in [0.25, 0.3) is 0 Å². The number of aromatic nitrogens is 1. The van der Waals surface area contributed by atoms with Crippen molar-refractivity contribution in [3.05, 3.63) is 42.1 Å². The van der Waals surface area contributed by atoms with E-state index in [1.165, 1.54) is 17.4 Å². The normalized spacial score (nSPS) is 14.5. The van der Waals surface area contributed by atoms with E-state index in [1.54, 1.807) is 0 Å². The smallest absolute Gasteiger partial charge is 0.0702 e. The van der Waals surface area contributed by atoms with Gasteiger partial charge in [0.1, 0.15) is 0 Å². The molecule has 19 heavy (non-hydrogen) atoms. The van der Waals surface area contributed by atoms with Gasteiger partial charge in [-0.3, -0.25) is 4.98 Å². The zero-order valence-electron chi connectivity index (χ0n) is 12.2. The van der Waals surface area contributed by atoms with Crippen LogP contribution in [0.5, 0.6) is 0 Å². The van der Waals surface area contributed by atoms with Gasteiger partial charge in [-0.2, -0.15) is 0 Å². The third kappa shape index (κ3) is 3.54. The van der Waals surface area contributed by atoms with Crippen molar-refractivity contribution in [2.75, 3.05) is 13.1 Å². The molecule has 0 aliphatic rings. The average Bonchev–Trinajstić information content (AvgIpc) is 2.46. The predicted molar refractivity (Wildman–Crippen MR) is 82.5 cm³/mol. The Kier molecular flexibility index (Phi) is 4.92. The monoisotopic (exact) mass is 256 g/mol. The van der Waals surface area contributed by atoms with E-state index in [0.29, 0.717) is 11.8 Å². The van der Waals surface area contributed by atoms with Crippen LogP contribution in [0.25, 0.3) is 10.9 Å². The molecule has 0 saturated heterocycles. The van der Waals surface area contributed by atoms with Crippen LogP contribution < -0.4 is 5.32 Å². The largest absolute Gasteiger partial charge is 0.316 e. The Balaban J connectivity index is 2.09. The summed E-state index contributed by atoms with van der Waals surface area (Å²) in [4.78, 5) is 4.56. The molecule has 1 heterocycles. The molecular weight excluding hydrogens is 232 g/mol. The second kappa shape index (κ2) is 6.67. The Labute approximate surface area is 116 Å². The van der Waals surface area contributed by atoms with Gasteiger partial charge in [-0.15, -0.1) is 0 Å². The van der Waals surface area contributed by atoms with Crippen LogP contribution in [0.2, 0.25) is 0 Å². The lowest BCUT2D eigenvalue weighted by Crippen LogP contribution is -2.25. The maximum atomic E-state index is 4.56. The predicted octanol–water partition coefficient (Wildman–Crippen LogP) is 3.97. The second-order valence-corrected chi connectivity index (χ2v) is 5.43. The summed E-state index contributed by atoms with van der Waals surface area (Å²) in [6.45, 7) is 8.98. The first-order valence-corrected chi connectivity index (χ1v) is 7.27. The van der Waals surface area contributed by atoms with Gasteiger partial charge in [0.2, 0.25) is 0 Å². The van der Waals surface area contributed by atoms with Crippen molar-refractivity contribution in [1.82, 2.24) is 10.3 Å². The molecule has 0 bridgehead atoms. The summed E-state index contributed by atoms with van der Waals surface area (Å²) in [5.41, 5.74) is 2.42. The van der Waals surface area contributed by atoms with Gasteiger partial charge in [0.05, 0.1) is 5.52 Å². The number of nitrogens with zero attached hydrogens (tertiary/aromatic N) is 1. The molecule has 0 amide bonds. The van der Waals surface area contributed by atoms with Gasteiger partial charge in [-0.05, 0) is 49.0 Å². The van der Waals surface area contributed by atoms with Crippen LogP contribution >= 0.6 is 0 Å². The number of benzene rings is 1. The summed E-state index contributed by atoms with van der Waals surface area (Å²) >= 11 is 0. The van der Waals surface area contributed by atoms with Crippen LogP contribution in [0.1, 0.15) is 38.7 Å². The fraction of sp³-hybridized carbons (Fsp3) is 0.471. The van der Waals surface area contributed by atoms with Crippen LogP contribution in [0, 0.1) is 5.92 Å². The minimum absolute atomic E-state index is 0.529. The number of fused-ring (bicyclic) bond motifs is 1. The van der Waals surface area contributed by atoms with Crippen molar-refractivity contribution in [2.45, 2.75) is 33.1 Å². The van der Waals surface area contributed by atoms with E-state index in [9.17, 15) is 0 Å². The van der Waals surface area contributed by atoms with Crippen molar-refractivity contribution in [1.29, 1.82) is 0 Å². The minimum atomic E-state index is 0.529. The third-order valence-corrected chi connectivity index (χ3v) is 3.88. The zero-order valence-corrected chi connectivity index (χ0v) is 12.2. The molecule has 1 aromatic heterocycles. The Morgan fingerprint density at radius 1 is 1.21 bits per heavy atom. The number of para-hydroxylation sites is 1. The van der Waals surface area contributed by atoms with Crippen molar-refractivity contribution < 1.29 is 0 Å². The van der Waals surface area contributed by atoms with Crippen LogP contribution in [0.4, 0.5) is 0 Å². The van der Waals surface area contributed by atoms with E-state index in [-0.39, 0.29) is 0 Å². The number of pyridine rings is 1. The Hall–Kier alpha value is -1.41. The summed E-state index contributed by atoms with van der Waals surface area (Å²) in [6, 6.07) is 10.6. The highest BCUT2D eigenvalue weighted by atomic mass is 14.8. The first kappa shape index (κ1) is 14.0. The maximum absolute atomic E-state index is 4.56. The first-order valence-electron chi connectivity index (χ1n) is 7.27. The van der Waals surface area contributed by atoms with Gasteiger partial charge in [0.15, 0.2) is 0 Å². The van der Waals surface area contributed by atoms with Crippen molar-refractivity contribution in [3.63, 3.8) is 0 Å². The third-order valence-electron chi connectivity index (χ3n) is 3.88. The van der Waals surface area contributed by atoms with Gasteiger partial charge in [0, 0.05) is 11.6 Å². The van der Waals surface area contributed by atoms with Crippen LogP contribution in [-0.2, 0) is 0 Å². The van der Waals surface area contributed by atoms with Crippen molar-refractivity contribution in [3.8, 4) is 0 Å². The molecule has 0 fully saturated rings. The van der Waals surface area contributed by atoms with Gasteiger partial charge >= 0.3 is 0 Å². The Bertz CT molecular complexity index is 521. The highest BCUT2D eigenvalue weighted by molar-refractivity contribution is 5.78. The standard InChI is InChI=1S/C17H24N2/c1-4-9-18-11-13(2)14(3)16-10-15-7-5-6-8-17(15)19-12-16/h5-8,10,12-14,18H,4,9,11H2,1-3H3. The van der Waals surface area contributed by atoms with E-state index in [4.69, 9.17) is 0 Å². The van der Waals surface area contributed by atoms with Crippen molar-refractivity contribution >= 4 is 10.9 Å². The van der Waals surface area contributed by atoms with E-state index in [1.807, 2.05) is 12.3 Å². The van der Waals surface area contributed by atoms with E-state index in [2.05, 4.69) is 55.3 Å². The molecule has 102 valence electrons. The van der Waals surface area contributed by atoms with Crippen molar-refractivity contribution in [2.24, 2.45) is 5.92 Å². The van der Waals surface area contributed by atoms with Gasteiger partial charge < -0.3 is 5.32 Å². The molecule has 0 spiro atoms. The van der Waals surface area contributed by atoms with Gasteiger partial charge in [-0.1, -0.05) is 39.0 Å². The molecule has 2 aromatic rings. The summed E-state index contributed by atoms with van der Waals surface area (Å²) in [5, 5.41) is 4.74. The average molecular weight is 256 g/mol. The Morgan fingerprint density at radius 2 is 2.00 bits per heavy atom. The van der Waals surface area contributed by atoms with Crippen LogP contribution in [0.15, 0.2) is 36.5 Å². The fourth-order valence-electron chi connectivity index (χ4n) is 2.35. The first-order chi connectivity index (χ1) is 9.22. The number of hydrogen-bond acceptors (Lipinski definition) is 2. The lowest BCUT2D eigenvalue weighted by molar-refractivity contribution is 0.447. The van der Waals surface area contributed by atoms with E-state index >= 15 is 0 Å². The van der Waals surface area contributed by atoms with E-state index in [0.717, 1.165) is 18.6 Å². The molecule has 2 atom stereocenters. The summed E-state index contributed by atoms with van der Waals surface area (Å²) in [7, 11) is 0. The molecule has 1 N–H and O–H groups in total. The molecular formula is C17H24N2. The molecule has 0 saturated carbocycles. The fourth-order valence-corrected chi connectivity index (χ4v) is 2.35. The highest BCUT2D eigenvalue weighted by Crippen LogP contribution is 2.25. The van der Waals surface area contributed by atoms with Crippen LogP contribution in [0.3, 0.4) is 0 Å². The zero-order chi connectivity index (χ0) is 13.7. The quantitative estimate of drug-likeness (QED) is 0.791. The summed E-state index contributed by atoms with van der Waals surface area (Å²) in [5.74, 6) is 1.15. The molecule has 2 unspecified atom stereocenters. The topological polar surface area (TPSA) is 24.9 Å². The molecule has 0 aliphatic carbocycles. The lowest BCUT2D eigenvalue weighted by Gasteiger charge is -2.20. The summed E-state index contributed by atoms with van der Waals surface area (Å²) in [6.07, 6.45) is 3.22. The van der Waals surface area contributed by atoms with Crippen LogP contribution in [-0.4, -0.2) is 18.1 Å². The lowest BCUT2D eigenvalue weighted by atomic mass is 9.89. The molecule has 2 heteroatoms. The maximum Gasteiger partial charge on any atom is 0.0702 e. The molecule has 0 aliphatic heterocycles. The van der Waals surface area contributed by atoms with E-state index < -0.39 is 0 Å². The number of hydrogen-bond donors (Lipinski definition) is 1. The number of rotatable bonds is 6. The summed E-state index contributed by atoms with van der Waals surface area (Å²) < 4.78 is 0. The highest BCUT2D eigenvalue weighted by Gasteiger charge is 2.14. The molecule has 2 nitrogen and oxygen atoms in total. The molecule has 2 rings (SSSR count). The second-order valence-electron chi connectivity index (χ2n) is 5.43.